The molecule has 1 rings (SSSR count). The van der Waals surface area contributed by atoms with Gasteiger partial charge in [-0.1, -0.05) is 30.3 Å². The summed E-state index contributed by atoms with van der Waals surface area (Å²) in [6.45, 7) is 10.5. The highest BCUT2D eigenvalue weighted by Gasteiger charge is 2.26. The van der Waals surface area contributed by atoms with Crippen LogP contribution in [0.2, 0.25) is 0 Å². The van der Waals surface area contributed by atoms with Gasteiger partial charge < -0.3 is 16.0 Å². The van der Waals surface area contributed by atoms with E-state index in [1.165, 1.54) is 5.56 Å². The minimum absolute atomic E-state index is 0.0358. The number of carbonyl (C=O) groups is 1. The SMILES string of the molecule is CCNC(=O)C(C)(C)CN=C(NCC)NCCCc1ccccc1. The van der Waals surface area contributed by atoms with Crippen LogP contribution in [0.1, 0.15) is 39.7 Å². The Balaban J connectivity index is 2.46. The van der Waals surface area contributed by atoms with Gasteiger partial charge in [0.2, 0.25) is 5.91 Å². The highest BCUT2D eigenvalue weighted by atomic mass is 16.2. The van der Waals surface area contributed by atoms with Crippen LogP contribution in [0, 0.1) is 5.41 Å². The molecule has 1 aromatic rings. The van der Waals surface area contributed by atoms with Gasteiger partial charge in [0.25, 0.3) is 0 Å². The maximum atomic E-state index is 12.0. The number of aliphatic imine (C=N–C) groups is 1. The lowest BCUT2D eigenvalue weighted by Crippen LogP contribution is -2.42. The van der Waals surface area contributed by atoms with Crippen molar-refractivity contribution >= 4 is 11.9 Å². The number of amides is 1. The second kappa shape index (κ2) is 10.7. The number of carbonyl (C=O) groups excluding carboxylic acids is 1. The molecule has 3 N–H and O–H groups in total. The van der Waals surface area contributed by atoms with Crippen LogP contribution in [0.3, 0.4) is 0 Å². The minimum Gasteiger partial charge on any atom is -0.357 e. The van der Waals surface area contributed by atoms with Gasteiger partial charge in [0.15, 0.2) is 5.96 Å². The summed E-state index contributed by atoms with van der Waals surface area (Å²) in [5.74, 6) is 0.802. The molecule has 0 heterocycles. The van der Waals surface area contributed by atoms with E-state index in [1.807, 2.05) is 33.8 Å². The first-order chi connectivity index (χ1) is 11.5. The largest absolute Gasteiger partial charge is 0.357 e. The molecule has 1 aromatic carbocycles. The summed E-state index contributed by atoms with van der Waals surface area (Å²) < 4.78 is 0. The number of hydrogen-bond acceptors (Lipinski definition) is 2. The van der Waals surface area contributed by atoms with E-state index >= 15 is 0 Å². The van der Waals surface area contributed by atoms with Gasteiger partial charge in [-0.15, -0.1) is 0 Å². The molecule has 0 aliphatic heterocycles. The van der Waals surface area contributed by atoms with E-state index in [1.54, 1.807) is 0 Å². The van der Waals surface area contributed by atoms with Gasteiger partial charge in [-0.2, -0.15) is 0 Å². The van der Waals surface area contributed by atoms with Crippen molar-refractivity contribution in [1.29, 1.82) is 0 Å². The molecule has 0 atom stereocenters. The molecule has 0 aliphatic carbocycles. The molecule has 24 heavy (non-hydrogen) atoms. The minimum atomic E-state index is -0.512. The van der Waals surface area contributed by atoms with Gasteiger partial charge in [-0.3, -0.25) is 9.79 Å². The number of rotatable bonds is 9. The van der Waals surface area contributed by atoms with Crippen LogP contribution < -0.4 is 16.0 Å². The van der Waals surface area contributed by atoms with Crippen LogP contribution in [0.15, 0.2) is 35.3 Å². The molecule has 0 radical (unpaired) electrons. The fraction of sp³-hybridized carbons (Fsp3) is 0.579. The summed E-state index contributed by atoms with van der Waals surface area (Å²) in [5.41, 5.74) is 0.834. The molecule has 0 saturated carbocycles. The van der Waals surface area contributed by atoms with Crippen LogP contribution in [0.25, 0.3) is 0 Å². The van der Waals surface area contributed by atoms with Crippen molar-refractivity contribution in [2.75, 3.05) is 26.2 Å². The summed E-state index contributed by atoms with van der Waals surface area (Å²) in [6.07, 6.45) is 2.08. The Morgan fingerprint density at radius 1 is 1.04 bits per heavy atom. The van der Waals surface area contributed by atoms with Crippen molar-refractivity contribution < 1.29 is 4.79 Å². The van der Waals surface area contributed by atoms with Crippen molar-refractivity contribution in [2.45, 2.75) is 40.5 Å². The van der Waals surface area contributed by atoms with E-state index in [2.05, 4.69) is 45.2 Å². The van der Waals surface area contributed by atoms with Crippen LogP contribution in [-0.2, 0) is 11.2 Å². The average molecular weight is 332 g/mol. The Morgan fingerprint density at radius 3 is 2.33 bits per heavy atom. The van der Waals surface area contributed by atoms with Crippen molar-refractivity contribution in [1.82, 2.24) is 16.0 Å². The van der Waals surface area contributed by atoms with Crippen molar-refractivity contribution in [2.24, 2.45) is 10.4 Å². The number of benzene rings is 1. The molecule has 0 unspecified atom stereocenters. The Morgan fingerprint density at radius 2 is 1.71 bits per heavy atom. The molecule has 0 aliphatic rings. The van der Waals surface area contributed by atoms with E-state index in [0.29, 0.717) is 13.1 Å². The topological polar surface area (TPSA) is 65.5 Å². The van der Waals surface area contributed by atoms with Gasteiger partial charge in [0.05, 0.1) is 12.0 Å². The molecule has 5 heteroatoms. The fourth-order valence-electron chi connectivity index (χ4n) is 2.23. The van der Waals surface area contributed by atoms with E-state index in [9.17, 15) is 4.79 Å². The average Bonchev–Trinajstić information content (AvgIpc) is 2.57. The molecular weight excluding hydrogens is 300 g/mol. The number of nitrogens with zero attached hydrogens (tertiary/aromatic N) is 1. The second-order valence-electron chi connectivity index (χ2n) is 6.45. The normalized spacial score (nSPS) is 11.9. The highest BCUT2D eigenvalue weighted by molar-refractivity contribution is 5.83. The van der Waals surface area contributed by atoms with Crippen LogP contribution in [0.4, 0.5) is 0 Å². The van der Waals surface area contributed by atoms with E-state index in [0.717, 1.165) is 31.9 Å². The molecule has 0 fully saturated rings. The lowest BCUT2D eigenvalue weighted by Gasteiger charge is -2.22. The molecule has 0 aromatic heterocycles. The first-order valence-electron chi connectivity index (χ1n) is 8.84. The van der Waals surface area contributed by atoms with Crippen molar-refractivity contribution in [3.05, 3.63) is 35.9 Å². The Labute approximate surface area is 146 Å². The first kappa shape index (κ1) is 20.0. The zero-order chi connectivity index (χ0) is 17.8. The highest BCUT2D eigenvalue weighted by Crippen LogP contribution is 2.15. The summed E-state index contributed by atoms with van der Waals surface area (Å²) in [5, 5.41) is 9.44. The first-order valence-corrected chi connectivity index (χ1v) is 8.84. The second-order valence-corrected chi connectivity index (χ2v) is 6.45. The van der Waals surface area contributed by atoms with Gasteiger partial charge in [-0.05, 0) is 46.1 Å². The van der Waals surface area contributed by atoms with Crippen LogP contribution >= 0.6 is 0 Å². The fourth-order valence-corrected chi connectivity index (χ4v) is 2.23. The number of nitrogens with one attached hydrogen (secondary N) is 3. The molecule has 5 nitrogen and oxygen atoms in total. The molecule has 0 spiro atoms. The number of hydrogen-bond donors (Lipinski definition) is 3. The molecule has 0 bridgehead atoms. The monoisotopic (exact) mass is 332 g/mol. The van der Waals surface area contributed by atoms with E-state index in [4.69, 9.17) is 0 Å². The lowest BCUT2D eigenvalue weighted by atomic mass is 9.92. The summed E-state index contributed by atoms with van der Waals surface area (Å²) >= 11 is 0. The zero-order valence-corrected chi connectivity index (χ0v) is 15.5. The van der Waals surface area contributed by atoms with Crippen LogP contribution in [-0.4, -0.2) is 38.0 Å². The molecule has 1 amide bonds. The van der Waals surface area contributed by atoms with Gasteiger partial charge in [-0.25, -0.2) is 0 Å². The van der Waals surface area contributed by atoms with Gasteiger partial charge >= 0.3 is 0 Å². The molecule has 134 valence electrons. The summed E-state index contributed by atoms with van der Waals surface area (Å²) in [6, 6.07) is 10.5. The Hall–Kier alpha value is -2.04. The third-order valence-electron chi connectivity index (χ3n) is 3.71. The van der Waals surface area contributed by atoms with E-state index < -0.39 is 5.41 Å². The predicted octanol–water partition coefficient (Wildman–Crippen LogP) is 2.34. The van der Waals surface area contributed by atoms with Crippen molar-refractivity contribution in [3.8, 4) is 0 Å². The van der Waals surface area contributed by atoms with Crippen LogP contribution in [0.5, 0.6) is 0 Å². The third-order valence-corrected chi connectivity index (χ3v) is 3.71. The smallest absolute Gasteiger partial charge is 0.227 e. The number of guanidine groups is 1. The maximum absolute atomic E-state index is 12.0. The van der Waals surface area contributed by atoms with Crippen molar-refractivity contribution in [3.63, 3.8) is 0 Å². The third kappa shape index (κ3) is 7.49. The lowest BCUT2D eigenvalue weighted by molar-refractivity contribution is -0.128. The standard InChI is InChI=1S/C19H32N4O/c1-5-20-17(24)19(3,4)15-23-18(21-6-2)22-14-10-13-16-11-8-7-9-12-16/h7-9,11-12H,5-6,10,13-15H2,1-4H3,(H,20,24)(H2,21,22,23). The predicted molar refractivity (Wildman–Crippen MR) is 101 cm³/mol. The maximum Gasteiger partial charge on any atom is 0.227 e. The van der Waals surface area contributed by atoms with Gasteiger partial charge in [0.1, 0.15) is 0 Å². The molecular formula is C19H32N4O. The Bertz CT molecular complexity index is 511. The quantitative estimate of drug-likeness (QED) is 0.369. The van der Waals surface area contributed by atoms with Gasteiger partial charge in [0, 0.05) is 19.6 Å². The summed E-state index contributed by atoms with van der Waals surface area (Å²) in [4.78, 5) is 16.6. The number of aryl methyl sites for hydroxylation is 1. The molecule has 0 saturated heterocycles. The zero-order valence-electron chi connectivity index (χ0n) is 15.5. The van der Waals surface area contributed by atoms with E-state index in [-0.39, 0.29) is 5.91 Å². The summed E-state index contributed by atoms with van der Waals surface area (Å²) in [7, 11) is 0. The Kier molecular flexibility index (Phi) is 8.90.